The van der Waals surface area contributed by atoms with Gasteiger partial charge in [-0.25, -0.2) is 0 Å². The largest absolute Gasteiger partial charge is 0.324 e. The number of anilines is 1. The van der Waals surface area contributed by atoms with Crippen LogP contribution in [0.1, 0.15) is 96.8 Å². The highest BCUT2D eigenvalue weighted by atomic mass is 35.5. The molecule has 0 unspecified atom stereocenters. The van der Waals surface area contributed by atoms with Crippen molar-refractivity contribution >= 4 is 23.2 Å². The Kier molecular flexibility index (Phi) is 16.1. The Morgan fingerprint density at radius 3 is 1.82 bits per heavy atom. The number of carbonyl (C=O) groups is 1. The topological polar surface area (TPSA) is 41.1 Å². The number of unbranched alkanes of at least 4 members (excludes halogenated alkanes) is 13. The number of rotatable bonds is 18. The van der Waals surface area contributed by atoms with Gasteiger partial charge < -0.3 is 10.6 Å². The minimum atomic E-state index is -0.0431. The predicted octanol–water partition coefficient (Wildman–Crippen LogP) is 7.35. The summed E-state index contributed by atoms with van der Waals surface area (Å²) in [4.78, 5) is 11.9. The first kappa shape index (κ1) is 25.0. The summed E-state index contributed by atoms with van der Waals surface area (Å²) in [6.07, 6.45) is 19.1. The summed E-state index contributed by atoms with van der Waals surface area (Å²) < 4.78 is 0. The number of carbonyl (C=O) groups excluding carboxylic acids is 1. The van der Waals surface area contributed by atoms with E-state index >= 15 is 0 Å². The summed E-state index contributed by atoms with van der Waals surface area (Å²) in [7, 11) is 0. The van der Waals surface area contributed by atoms with Crippen LogP contribution in [-0.2, 0) is 4.79 Å². The zero-order chi connectivity index (χ0) is 20.3. The van der Waals surface area contributed by atoms with Crippen molar-refractivity contribution in [1.29, 1.82) is 0 Å². The molecule has 0 saturated carbocycles. The average Bonchev–Trinajstić information content (AvgIpc) is 2.69. The van der Waals surface area contributed by atoms with Crippen molar-refractivity contribution in [2.24, 2.45) is 0 Å². The molecule has 1 rings (SSSR count). The summed E-state index contributed by atoms with van der Waals surface area (Å²) in [5.74, 6) is -0.0431. The molecule has 1 amide bonds. The summed E-state index contributed by atoms with van der Waals surface area (Å²) in [6, 6.07) is 7.31. The molecule has 0 radical (unpaired) electrons. The lowest BCUT2D eigenvalue weighted by atomic mass is 10.0. The van der Waals surface area contributed by atoms with Gasteiger partial charge in [0, 0.05) is 0 Å². The van der Waals surface area contributed by atoms with Crippen LogP contribution in [0.2, 0.25) is 5.02 Å². The van der Waals surface area contributed by atoms with Gasteiger partial charge in [0.1, 0.15) is 0 Å². The Balaban J connectivity index is 1.81. The van der Waals surface area contributed by atoms with E-state index in [2.05, 4.69) is 17.6 Å². The van der Waals surface area contributed by atoms with Crippen LogP contribution in [-0.4, -0.2) is 19.0 Å². The van der Waals surface area contributed by atoms with Crippen LogP contribution in [0.25, 0.3) is 0 Å². The highest BCUT2D eigenvalue weighted by Gasteiger charge is 2.04. The summed E-state index contributed by atoms with van der Waals surface area (Å²) in [6.45, 7) is 3.51. The lowest BCUT2D eigenvalue weighted by Crippen LogP contribution is -2.28. The van der Waals surface area contributed by atoms with Crippen molar-refractivity contribution in [3.63, 3.8) is 0 Å². The van der Waals surface area contributed by atoms with Gasteiger partial charge in [-0.2, -0.15) is 0 Å². The Bertz CT molecular complexity index is 507. The van der Waals surface area contributed by atoms with E-state index < -0.39 is 0 Å². The van der Waals surface area contributed by atoms with Gasteiger partial charge in [0.2, 0.25) is 5.91 Å². The van der Waals surface area contributed by atoms with Crippen LogP contribution in [0.15, 0.2) is 24.3 Å². The van der Waals surface area contributed by atoms with Crippen LogP contribution in [0.3, 0.4) is 0 Å². The Hall–Kier alpha value is -1.06. The van der Waals surface area contributed by atoms with Gasteiger partial charge in [-0.05, 0) is 25.1 Å². The minimum Gasteiger partial charge on any atom is -0.324 e. The second-order valence-corrected chi connectivity index (χ2v) is 8.21. The van der Waals surface area contributed by atoms with Crippen LogP contribution in [0, 0.1) is 0 Å². The van der Waals surface area contributed by atoms with Gasteiger partial charge in [0.15, 0.2) is 0 Å². The first-order chi connectivity index (χ1) is 13.7. The number of halogens is 1. The van der Waals surface area contributed by atoms with E-state index in [0.29, 0.717) is 17.3 Å². The molecule has 0 spiro atoms. The van der Waals surface area contributed by atoms with Gasteiger partial charge >= 0.3 is 0 Å². The third-order valence-corrected chi connectivity index (χ3v) is 5.47. The van der Waals surface area contributed by atoms with Crippen molar-refractivity contribution in [3.05, 3.63) is 29.3 Å². The molecule has 4 heteroatoms. The zero-order valence-electron chi connectivity index (χ0n) is 17.9. The highest BCUT2D eigenvalue weighted by molar-refractivity contribution is 6.33. The predicted molar refractivity (Wildman–Crippen MR) is 123 cm³/mol. The number of hydrogen-bond donors (Lipinski definition) is 2. The van der Waals surface area contributed by atoms with E-state index in [0.717, 1.165) is 13.0 Å². The number of hydrogen-bond acceptors (Lipinski definition) is 2. The second kappa shape index (κ2) is 18.0. The minimum absolute atomic E-state index is 0.0431. The van der Waals surface area contributed by atoms with Crippen LogP contribution in [0.4, 0.5) is 5.69 Å². The lowest BCUT2D eigenvalue weighted by molar-refractivity contribution is -0.115. The van der Waals surface area contributed by atoms with E-state index in [9.17, 15) is 4.79 Å². The summed E-state index contributed by atoms with van der Waals surface area (Å²) in [5.41, 5.74) is 0.674. The Morgan fingerprint density at radius 1 is 0.786 bits per heavy atom. The van der Waals surface area contributed by atoms with Crippen molar-refractivity contribution < 1.29 is 4.79 Å². The SMILES string of the molecule is CCCCCCCCCCCCCCCCNCC(=O)Nc1ccccc1Cl. The Labute approximate surface area is 178 Å². The third kappa shape index (κ3) is 14.0. The first-order valence-corrected chi connectivity index (χ1v) is 11.9. The molecule has 0 aliphatic rings. The summed E-state index contributed by atoms with van der Waals surface area (Å²) >= 11 is 6.04. The van der Waals surface area contributed by atoms with Crippen molar-refractivity contribution in [2.45, 2.75) is 96.8 Å². The van der Waals surface area contributed by atoms with E-state index in [1.54, 1.807) is 6.07 Å². The van der Waals surface area contributed by atoms with Crippen LogP contribution in [0.5, 0.6) is 0 Å². The van der Waals surface area contributed by atoms with Gasteiger partial charge in [-0.1, -0.05) is 114 Å². The molecular formula is C24H41ClN2O. The third-order valence-electron chi connectivity index (χ3n) is 5.14. The van der Waals surface area contributed by atoms with Crippen molar-refractivity contribution in [1.82, 2.24) is 5.32 Å². The Morgan fingerprint density at radius 2 is 1.29 bits per heavy atom. The maximum Gasteiger partial charge on any atom is 0.238 e. The molecule has 0 atom stereocenters. The van der Waals surface area contributed by atoms with E-state index in [4.69, 9.17) is 11.6 Å². The molecule has 1 aromatic rings. The molecule has 0 fully saturated rings. The van der Waals surface area contributed by atoms with E-state index in [-0.39, 0.29) is 5.91 Å². The van der Waals surface area contributed by atoms with Crippen molar-refractivity contribution in [2.75, 3.05) is 18.4 Å². The fourth-order valence-electron chi connectivity index (χ4n) is 3.40. The quantitative estimate of drug-likeness (QED) is 0.249. The number of para-hydroxylation sites is 1. The lowest BCUT2D eigenvalue weighted by Gasteiger charge is -2.08. The highest BCUT2D eigenvalue weighted by Crippen LogP contribution is 2.20. The van der Waals surface area contributed by atoms with Crippen molar-refractivity contribution in [3.8, 4) is 0 Å². The smallest absolute Gasteiger partial charge is 0.238 e. The summed E-state index contributed by atoms with van der Waals surface area (Å²) in [5, 5.41) is 6.61. The van der Waals surface area contributed by atoms with Crippen LogP contribution < -0.4 is 10.6 Å². The molecule has 1 aromatic carbocycles. The fraction of sp³-hybridized carbons (Fsp3) is 0.708. The monoisotopic (exact) mass is 408 g/mol. The molecule has 0 heterocycles. The van der Waals surface area contributed by atoms with Gasteiger partial charge in [-0.3, -0.25) is 4.79 Å². The number of nitrogens with one attached hydrogen (secondary N) is 2. The van der Waals surface area contributed by atoms with Gasteiger partial charge in [-0.15, -0.1) is 0 Å². The van der Waals surface area contributed by atoms with Gasteiger partial charge in [0.05, 0.1) is 17.3 Å². The second-order valence-electron chi connectivity index (χ2n) is 7.80. The van der Waals surface area contributed by atoms with E-state index in [1.165, 1.54) is 83.5 Å². The molecule has 160 valence electrons. The molecule has 28 heavy (non-hydrogen) atoms. The normalized spacial score (nSPS) is 10.9. The molecule has 0 aliphatic heterocycles. The first-order valence-electron chi connectivity index (χ1n) is 11.5. The number of benzene rings is 1. The standard InChI is InChI=1S/C24H41ClN2O/c1-2-3-4-5-6-7-8-9-10-11-12-13-14-17-20-26-21-24(28)27-23-19-16-15-18-22(23)25/h15-16,18-19,26H,2-14,17,20-21H2,1H3,(H,27,28). The maximum atomic E-state index is 11.9. The van der Waals surface area contributed by atoms with E-state index in [1.807, 2.05) is 18.2 Å². The molecule has 3 nitrogen and oxygen atoms in total. The average molecular weight is 409 g/mol. The maximum absolute atomic E-state index is 11.9. The molecule has 0 aromatic heterocycles. The fourth-order valence-corrected chi connectivity index (χ4v) is 3.59. The van der Waals surface area contributed by atoms with Gasteiger partial charge in [0.25, 0.3) is 0 Å². The molecule has 0 saturated heterocycles. The molecule has 0 aliphatic carbocycles. The molecule has 2 N–H and O–H groups in total. The molecule has 0 bridgehead atoms. The zero-order valence-corrected chi connectivity index (χ0v) is 18.7. The number of amides is 1. The molecular weight excluding hydrogens is 368 g/mol. The van der Waals surface area contributed by atoms with Crippen LogP contribution >= 0.6 is 11.6 Å².